The van der Waals surface area contributed by atoms with E-state index in [0.29, 0.717) is 5.28 Å². The predicted molar refractivity (Wildman–Crippen MR) is 67.1 cm³/mol. The first-order valence-corrected chi connectivity index (χ1v) is 6.46. The van der Waals surface area contributed by atoms with Gasteiger partial charge in [0, 0.05) is 24.8 Å². The standard InChI is InChI=1S/C12H18ClN3/c1-2-6-10-9-11(15-12(13)14-10)16-7-4-3-5-8-16/h9H,2-8H2,1H3. The number of aromatic nitrogens is 2. The molecule has 2 heterocycles. The van der Waals surface area contributed by atoms with Gasteiger partial charge in [-0.1, -0.05) is 13.3 Å². The Kier molecular flexibility index (Phi) is 3.99. The maximum absolute atomic E-state index is 5.96. The minimum atomic E-state index is 0.381. The van der Waals surface area contributed by atoms with Gasteiger partial charge < -0.3 is 4.90 Å². The van der Waals surface area contributed by atoms with Crippen molar-refractivity contribution in [2.45, 2.75) is 39.0 Å². The highest BCUT2D eigenvalue weighted by Crippen LogP contribution is 2.20. The Labute approximate surface area is 102 Å². The third kappa shape index (κ3) is 2.85. The van der Waals surface area contributed by atoms with Crippen molar-refractivity contribution in [3.05, 3.63) is 17.0 Å². The fourth-order valence-corrected chi connectivity index (χ4v) is 2.32. The Morgan fingerprint density at radius 2 is 2.00 bits per heavy atom. The first-order valence-electron chi connectivity index (χ1n) is 6.08. The van der Waals surface area contributed by atoms with Crippen molar-refractivity contribution < 1.29 is 0 Å². The second kappa shape index (κ2) is 5.48. The molecule has 1 aliphatic heterocycles. The number of halogens is 1. The number of aryl methyl sites for hydroxylation is 1. The highest BCUT2D eigenvalue weighted by atomic mass is 35.5. The van der Waals surface area contributed by atoms with Gasteiger partial charge in [-0.2, -0.15) is 0 Å². The Bertz CT molecular complexity index is 348. The van der Waals surface area contributed by atoms with Gasteiger partial charge in [0.25, 0.3) is 0 Å². The lowest BCUT2D eigenvalue weighted by Crippen LogP contribution is -2.30. The van der Waals surface area contributed by atoms with E-state index in [4.69, 9.17) is 11.6 Å². The quantitative estimate of drug-likeness (QED) is 0.760. The van der Waals surface area contributed by atoms with Gasteiger partial charge >= 0.3 is 0 Å². The van der Waals surface area contributed by atoms with Gasteiger partial charge in [0.2, 0.25) is 5.28 Å². The molecule has 0 aliphatic carbocycles. The summed E-state index contributed by atoms with van der Waals surface area (Å²) in [5.41, 5.74) is 1.06. The van der Waals surface area contributed by atoms with E-state index in [9.17, 15) is 0 Å². The fraction of sp³-hybridized carbons (Fsp3) is 0.667. The van der Waals surface area contributed by atoms with Crippen LogP contribution in [0.1, 0.15) is 38.3 Å². The van der Waals surface area contributed by atoms with Crippen LogP contribution < -0.4 is 4.90 Å². The second-order valence-electron chi connectivity index (χ2n) is 4.28. The molecular weight excluding hydrogens is 222 g/mol. The molecule has 1 aromatic heterocycles. The van der Waals surface area contributed by atoms with Gasteiger partial charge in [-0.15, -0.1) is 0 Å². The van der Waals surface area contributed by atoms with Crippen LogP contribution in [0.15, 0.2) is 6.07 Å². The van der Waals surface area contributed by atoms with Crippen molar-refractivity contribution in [3.63, 3.8) is 0 Å². The molecule has 1 fully saturated rings. The molecule has 1 aliphatic rings. The van der Waals surface area contributed by atoms with Gasteiger partial charge in [-0.3, -0.25) is 0 Å². The number of anilines is 1. The van der Waals surface area contributed by atoms with E-state index in [1.165, 1.54) is 19.3 Å². The van der Waals surface area contributed by atoms with Crippen LogP contribution in [0.5, 0.6) is 0 Å². The molecule has 0 spiro atoms. The molecule has 0 unspecified atom stereocenters. The average Bonchev–Trinajstić information content (AvgIpc) is 2.30. The van der Waals surface area contributed by atoms with Crippen LogP contribution in [0.25, 0.3) is 0 Å². The van der Waals surface area contributed by atoms with E-state index < -0.39 is 0 Å². The number of rotatable bonds is 3. The number of nitrogens with zero attached hydrogens (tertiary/aromatic N) is 3. The molecule has 16 heavy (non-hydrogen) atoms. The summed E-state index contributed by atoms with van der Waals surface area (Å²) in [6.45, 7) is 4.34. The molecule has 1 aromatic rings. The summed E-state index contributed by atoms with van der Waals surface area (Å²) in [4.78, 5) is 10.9. The maximum Gasteiger partial charge on any atom is 0.224 e. The van der Waals surface area contributed by atoms with Crippen LogP contribution in [-0.2, 0) is 6.42 Å². The van der Waals surface area contributed by atoms with E-state index in [-0.39, 0.29) is 0 Å². The molecule has 0 saturated carbocycles. The molecule has 0 atom stereocenters. The van der Waals surface area contributed by atoms with Crippen molar-refractivity contribution in [1.82, 2.24) is 9.97 Å². The van der Waals surface area contributed by atoms with Crippen LogP contribution in [0.2, 0.25) is 5.28 Å². The lowest BCUT2D eigenvalue weighted by atomic mass is 10.1. The third-order valence-electron chi connectivity index (χ3n) is 2.92. The average molecular weight is 240 g/mol. The molecule has 0 radical (unpaired) electrons. The van der Waals surface area contributed by atoms with Crippen LogP contribution in [-0.4, -0.2) is 23.1 Å². The van der Waals surface area contributed by atoms with E-state index in [0.717, 1.165) is 37.4 Å². The van der Waals surface area contributed by atoms with Gasteiger partial charge in [0.1, 0.15) is 5.82 Å². The molecule has 1 saturated heterocycles. The minimum Gasteiger partial charge on any atom is -0.356 e. The van der Waals surface area contributed by atoms with E-state index in [1.807, 2.05) is 0 Å². The summed E-state index contributed by atoms with van der Waals surface area (Å²) in [6.07, 6.45) is 5.91. The molecule has 88 valence electrons. The lowest BCUT2D eigenvalue weighted by molar-refractivity contribution is 0.572. The molecule has 0 amide bonds. The molecule has 0 N–H and O–H groups in total. The lowest BCUT2D eigenvalue weighted by Gasteiger charge is -2.27. The Balaban J connectivity index is 2.18. The molecular formula is C12H18ClN3. The van der Waals surface area contributed by atoms with Crippen LogP contribution in [0.3, 0.4) is 0 Å². The van der Waals surface area contributed by atoms with Crippen molar-refractivity contribution in [2.75, 3.05) is 18.0 Å². The van der Waals surface area contributed by atoms with Crippen LogP contribution in [0, 0.1) is 0 Å². The first kappa shape index (κ1) is 11.6. The number of piperidine rings is 1. The van der Waals surface area contributed by atoms with Crippen molar-refractivity contribution in [2.24, 2.45) is 0 Å². The molecule has 4 heteroatoms. The molecule has 2 rings (SSSR count). The molecule has 0 aromatic carbocycles. The largest absolute Gasteiger partial charge is 0.356 e. The van der Waals surface area contributed by atoms with Crippen LogP contribution >= 0.6 is 11.6 Å². The topological polar surface area (TPSA) is 29.0 Å². The predicted octanol–water partition coefficient (Wildman–Crippen LogP) is 3.07. The highest BCUT2D eigenvalue weighted by molar-refractivity contribution is 6.28. The Morgan fingerprint density at radius 1 is 1.25 bits per heavy atom. The summed E-state index contributed by atoms with van der Waals surface area (Å²) in [5.74, 6) is 1.00. The number of hydrogen-bond donors (Lipinski definition) is 0. The summed E-state index contributed by atoms with van der Waals surface area (Å²) in [7, 11) is 0. The van der Waals surface area contributed by atoms with Gasteiger partial charge in [-0.05, 0) is 37.3 Å². The summed E-state index contributed by atoms with van der Waals surface area (Å²) < 4.78 is 0. The Morgan fingerprint density at radius 3 is 2.69 bits per heavy atom. The minimum absolute atomic E-state index is 0.381. The zero-order valence-electron chi connectivity index (χ0n) is 9.75. The summed E-state index contributed by atoms with van der Waals surface area (Å²) in [5, 5.41) is 0.381. The zero-order chi connectivity index (χ0) is 11.4. The van der Waals surface area contributed by atoms with Crippen LogP contribution in [0.4, 0.5) is 5.82 Å². The highest BCUT2D eigenvalue weighted by Gasteiger charge is 2.13. The Hall–Kier alpha value is -0.830. The van der Waals surface area contributed by atoms with E-state index in [2.05, 4.69) is 27.9 Å². The fourth-order valence-electron chi connectivity index (χ4n) is 2.12. The molecule has 0 bridgehead atoms. The second-order valence-corrected chi connectivity index (χ2v) is 4.62. The monoisotopic (exact) mass is 239 g/mol. The molecule has 3 nitrogen and oxygen atoms in total. The van der Waals surface area contributed by atoms with Gasteiger partial charge in [0.15, 0.2) is 0 Å². The maximum atomic E-state index is 5.96. The number of hydrogen-bond acceptors (Lipinski definition) is 3. The van der Waals surface area contributed by atoms with Crippen molar-refractivity contribution >= 4 is 17.4 Å². The smallest absolute Gasteiger partial charge is 0.224 e. The zero-order valence-corrected chi connectivity index (χ0v) is 10.5. The normalized spacial score (nSPS) is 16.5. The van der Waals surface area contributed by atoms with Crippen molar-refractivity contribution in [3.8, 4) is 0 Å². The van der Waals surface area contributed by atoms with Gasteiger partial charge in [0.05, 0.1) is 0 Å². The van der Waals surface area contributed by atoms with Crippen molar-refractivity contribution in [1.29, 1.82) is 0 Å². The summed E-state index contributed by atoms with van der Waals surface area (Å²) in [6, 6.07) is 2.08. The summed E-state index contributed by atoms with van der Waals surface area (Å²) >= 11 is 5.96. The van der Waals surface area contributed by atoms with E-state index >= 15 is 0 Å². The SMILES string of the molecule is CCCc1cc(N2CCCCC2)nc(Cl)n1. The van der Waals surface area contributed by atoms with Gasteiger partial charge in [-0.25, -0.2) is 9.97 Å². The third-order valence-corrected chi connectivity index (χ3v) is 3.09. The first-order chi connectivity index (χ1) is 7.79. The van der Waals surface area contributed by atoms with E-state index in [1.54, 1.807) is 0 Å².